The molecule has 14 heavy (non-hydrogen) atoms. The Balaban J connectivity index is 2.14. The van der Waals surface area contributed by atoms with Crippen LogP contribution in [0.25, 0.3) is 0 Å². The highest BCUT2D eigenvalue weighted by molar-refractivity contribution is 5.05. The summed E-state index contributed by atoms with van der Waals surface area (Å²) in [7, 11) is 1.86. The van der Waals surface area contributed by atoms with Gasteiger partial charge in [0.25, 0.3) is 0 Å². The van der Waals surface area contributed by atoms with Crippen LogP contribution in [0.1, 0.15) is 43.7 Å². The monoisotopic (exact) mass is 195 g/mol. The lowest BCUT2D eigenvalue weighted by Crippen LogP contribution is -2.17. The largest absolute Gasteiger partial charge is 0.392 e. The van der Waals surface area contributed by atoms with Gasteiger partial charge in [-0.05, 0) is 12.8 Å². The van der Waals surface area contributed by atoms with Crippen LogP contribution < -0.4 is 0 Å². The molecular weight excluding hydrogens is 178 g/mol. The molecule has 0 aliphatic heterocycles. The Morgan fingerprint density at radius 1 is 1.36 bits per heavy atom. The molecule has 1 aliphatic rings. The molecule has 1 fully saturated rings. The highest BCUT2D eigenvalue weighted by Crippen LogP contribution is 2.30. The Hall–Kier alpha value is -0.900. The van der Waals surface area contributed by atoms with Gasteiger partial charge in [-0.15, -0.1) is 5.10 Å². The summed E-state index contributed by atoms with van der Waals surface area (Å²) in [5.74, 6) is 0.200. The van der Waals surface area contributed by atoms with Gasteiger partial charge in [0.2, 0.25) is 0 Å². The summed E-state index contributed by atoms with van der Waals surface area (Å²) in [5, 5.41) is 17.9. The van der Waals surface area contributed by atoms with E-state index in [1.807, 2.05) is 13.2 Å². The fourth-order valence-electron chi connectivity index (χ4n) is 2.17. The second-order valence-corrected chi connectivity index (χ2v) is 4.13. The highest BCUT2D eigenvalue weighted by Gasteiger charge is 2.25. The lowest BCUT2D eigenvalue weighted by molar-refractivity contribution is 0.133. The fourth-order valence-corrected chi connectivity index (χ4v) is 2.17. The van der Waals surface area contributed by atoms with Crippen LogP contribution in [0.4, 0.5) is 0 Å². The Bertz CT molecular complexity index is 297. The van der Waals surface area contributed by atoms with Crippen LogP contribution in [-0.2, 0) is 7.05 Å². The maximum atomic E-state index is 9.93. The lowest BCUT2D eigenvalue weighted by Gasteiger charge is -2.16. The quantitative estimate of drug-likeness (QED) is 0.685. The van der Waals surface area contributed by atoms with Crippen LogP contribution in [0.3, 0.4) is 0 Å². The number of nitrogens with zero attached hydrogens (tertiary/aromatic N) is 3. The van der Waals surface area contributed by atoms with Gasteiger partial charge in [-0.2, -0.15) is 0 Å². The van der Waals surface area contributed by atoms with E-state index in [-0.39, 0.29) is 12.0 Å². The third-order valence-electron chi connectivity index (χ3n) is 2.98. The summed E-state index contributed by atoms with van der Waals surface area (Å²) in [6.07, 6.45) is 7.19. The van der Waals surface area contributed by atoms with Crippen molar-refractivity contribution >= 4 is 0 Å². The van der Waals surface area contributed by atoms with Gasteiger partial charge >= 0.3 is 0 Å². The van der Waals surface area contributed by atoms with Crippen molar-refractivity contribution < 1.29 is 5.11 Å². The molecule has 1 heterocycles. The first kappa shape index (κ1) is 9.65. The van der Waals surface area contributed by atoms with E-state index in [0.717, 1.165) is 25.0 Å². The normalized spacial score (nSPS) is 28.7. The molecule has 1 saturated carbocycles. The van der Waals surface area contributed by atoms with Gasteiger partial charge in [-0.1, -0.05) is 24.5 Å². The summed E-state index contributed by atoms with van der Waals surface area (Å²) in [6, 6.07) is 0. The topological polar surface area (TPSA) is 50.9 Å². The van der Waals surface area contributed by atoms with Crippen LogP contribution in [0.2, 0.25) is 0 Å². The molecular formula is C10H17N3O. The van der Waals surface area contributed by atoms with E-state index < -0.39 is 0 Å². The third kappa shape index (κ3) is 1.95. The van der Waals surface area contributed by atoms with E-state index in [0.29, 0.717) is 0 Å². The predicted molar refractivity (Wildman–Crippen MR) is 52.8 cm³/mol. The van der Waals surface area contributed by atoms with Crippen LogP contribution in [0, 0.1) is 0 Å². The van der Waals surface area contributed by atoms with Crippen LogP contribution >= 0.6 is 0 Å². The number of aliphatic hydroxyl groups excluding tert-OH is 1. The van der Waals surface area contributed by atoms with E-state index >= 15 is 0 Å². The van der Waals surface area contributed by atoms with Crippen LogP contribution in [0.15, 0.2) is 6.20 Å². The third-order valence-corrected chi connectivity index (χ3v) is 2.98. The van der Waals surface area contributed by atoms with Crippen molar-refractivity contribution in [2.75, 3.05) is 0 Å². The van der Waals surface area contributed by atoms with Crippen molar-refractivity contribution in [3.05, 3.63) is 11.9 Å². The van der Waals surface area contributed by atoms with Crippen molar-refractivity contribution in [3.8, 4) is 0 Å². The number of aliphatic hydroxyl groups is 1. The molecule has 1 N–H and O–H groups in total. The Morgan fingerprint density at radius 3 is 2.86 bits per heavy atom. The average Bonchev–Trinajstić information content (AvgIpc) is 2.46. The van der Waals surface area contributed by atoms with Crippen molar-refractivity contribution in [2.24, 2.45) is 7.05 Å². The molecule has 1 aromatic rings. The van der Waals surface area contributed by atoms with Gasteiger partial charge in [0.15, 0.2) is 0 Å². The number of aromatic nitrogens is 3. The molecule has 0 radical (unpaired) electrons. The maximum absolute atomic E-state index is 9.93. The molecule has 0 amide bonds. The van der Waals surface area contributed by atoms with Gasteiger partial charge < -0.3 is 5.11 Å². The first-order chi connectivity index (χ1) is 6.77. The predicted octanol–water partition coefficient (Wildman–Crippen LogP) is 1.22. The second-order valence-electron chi connectivity index (χ2n) is 4.13. The van der Waals surface area contributed by atoms with Crippen molar-refractivity contribution in [3.63, 3.8) is 0 Å². The standard InChI is InChI=1S/C10H17N3O/c1-13-7-9(11-12-13)8-5-3-2-4-6-10(8)14/h7-8,10,14H,2-6H2,1H3. The summed E-state index contributed by atoms with van der Waals surface area (Å²) in [5.41, 5.74) is 0.946. The minimum absolute atomic E-state index is 0.200. The van der Waals surface area contributed by atoms with E-state index in [4.69, 9.17) is 0 Å². The zero-order valence-corrected chi connectivity index (χ0v) is 8.56. The average molecular weight is 195 g/mol. The molecule has 2 rings (SSSR count). The van der Waals surface area contributed by atoms with Crippen LogP contribution in [-0.4, -0.2) is 26.2 Å². The summed E-state index contributed by atoms with van der Waals surface area (Å²) in [4.78, 5) is 0. The Morgan fingerprint density at radius 2 is 2.14 bits per heavy atom. The summed E-state index contributed by atoms with van der Waals surface area (Å²) in [6.45, 7) is 0. The molecule has 1 aromatic heterocycles. The molecule has 0 saturated heterocycles. The molecule has 78 valence electrons. The van der Waals surface area contributed by atoms with Gasteiger partial charge in [0.1, 0.15) is 0 Å². The second kappa shape index (κ2) is 4.09. The number of hydrogen-bond donors (Lipinski definition) is 1. The Labute approximate surface area is 83.9 Å². The SMILES string of the molecule is Cn1cc(C2CCCCCC2O)nn1. The number of aryl methyl sites for hydroxylation is 1. The fraction of sp³-hybridized carbons (Fsp3) is 0.800. The maximum Gasteiger partial charge on any atom is 0.0883 e. The molecule has 0 spiro atoms. The zero-order chi connectivity index (χ0) is 9.97. The minimum atomic E-state index is -0.228. The van der Waals surface area contributed by atoms with E-state index in [2.05, 4.69) is 10.3 Å². The molecule has 4 nitrogen and oxygen atoms in total. The first-order valence-corrected chi connectivity index (χ1v) is 5.31. The molecule has 4 heteroatoms. The molecule has 0 bridgehead atoms. The van der Waals surface area contributed by atoms with Crippen molar-refractivity contribution in [1.29, 1.82) is 0 Å². The number of hydrogen-bond acceptors (Lipinski definition) is 3. The van der Waals surface area contributed by atoms with Crippen LogP contribution in [0.5, 0.6) is 0 Å². The van der Waals surface area contributed by atoms with Gasteiger partial charge in [-0.3, -0.25) is 4.68 Å². The van der Waals surface area contributed by atoms with Gasteiger partial charge in [-0.25, -0.2) is 0 Å². The lowest BCUT2D eigenvalue weighted by atomic mass is 9.94. The first-order valence-electron chi connectivity index (χ1n) is 5.31. The smallest absolute Gasteiger partial charge is 0.0883 e. The van der Waals surface area contributed by atoms with Gasteiger partial charge in [0, 0.05) is 19.2 Å². The Kier molecular flexibility index (Phi) is 2.82. The zero-order valence-electron chi connectivity index (χ0n) is 8.56. The molecule has 2 unspecified atom stereocenters. The van der Waals surface area contributed by atoms with E-state index in [1.54, 1.807) is 4.68 Å². The van der Waals surface area contributed by atoms with Crippen molar-refractivity contribution in [2.45, 2.75) is 44.1 Å². The summed E-state index contributed by atoms with van der Waals surface area (Å²) < 4.78 is 1.70. The van der Waals surface area contributed by atoms with E-state index in [1.165, 1.54) is 12.8 Å². The highest BCUT2D eigenvalue weighted by atomic mass is 16.3. The number of rotatable bonds is 1. The molecule has 1 aliphatic carbocycles. The minimum Gasteiger partial charge on any atom is -0.392 e. The van der Waals surface area contributed by atoms with E-state index in [9.17, 15) is 5.11 Å². The van der Waals surface area contributed by atoms with Gasteiger partial charge in [0.05, 0.1) is 11.8 Å². The summed E-state index contributed by atoms with van der Waals surface area (Å²) >= 11 is 0. The van der Waals surface area contributed by atoms with Crippen molar-refractivity contribution in [1.82, 2.24) is 15.0 Å². The molecule has 2 atom stereocenters. The molecule has 0 aromatic carbocycles.